The molecule has 0 amide bonds. The number of rotatable bonds is 0. The molecule has 0 unspecified atom stereocenters. The van der Waals surface area contributed by atoms with E-state index in [2.05, 4.69) is 0 Å². The predicted molar refractivity (Wildman–Crippen MR) is 0.686 cm³/mol. The zero-order valence-electron chi connectivity index (χ0n) is 2.81. The van der Waals surface area contributed by atoms with Crippen LogP contribution >= 0.6 is 0 Å². The average Bonchev–Trinajstić information content (AvgIpc) is 0. The zero-order chi connectivity index (χ0) is 0. The molecule has 0 heterocycles. The SMILES string of the molecule is [Co+2].[Li+].[Mn+2].[Mn+2].[Ni+2].[O-2]. The molecule has 0 saturated heterocycles. The molecule has 0 rings (SSSR count). The maximum absolute atomic E-state index is 0. The van der Waals surface area contributed by atoms with Crippen molar-refractivity contribution in [2.24, 2.45) is 0 Å². The summed E-state index contributed by atoms with van der Waals surface area (Å²) in [5, 5.41) is 0. The van der Waals surface area contributed by atoms with Crippen LogP contribution in [0.4, 0.5) is 0 Å². The Balaban J connectivity index is 0. The van der Waals surface area contributed by atoms with Gasteiger partial charge in [-0.05, 0) is 0 Å². The molecule has 0 spiro atoms. The van der Waals surface area contributed by atoms with Gasteiger partial charge in [0, 0.05) is 0 Å². The van der Waals surface area contributed by atoms with Crippen molar-refractivity contribution in [2.45, 2.75) is 0 Å². The molecule has 0 bridgehead atoms. The van der Waals surface area contributed by atoms with Crippen LogP contribution in [0.1, 0.15) is 0 Å². The molecule has 0 aromatic rings. The minimum Gasteiger partial charge on any atom is -2.00 e. The summed E-state index contributed by atoms with van der Waals surface area (Å²) in [4.78, 5) is 0. The van der Waals surface area contributed by atoms with Crippen LogP contribution < -0.4 is 18.9 Å². The van der Waals surface area contributed by atoms with Crippen molar-refractivity contribution in [3.05, 3.63) is 0 Å². The van der Waals surface area contributed by atoms with E-state index in [4.69, 9.17) is 0 Å². The molecule has 33 valence electrons. The maximum Gasteiger partial charge on any atom is 2.00 e. The summed E-state index contributed by atoms with van der Waals surface area (Å²) in [6.45, 7) is 0. The van der Waals surface area contributed by atoms with Crippen LogP contribution in [0.25, 0.3) is 0 Å². The molecule has 0 N–H and O–H groups in total. The number of hydrogen-bond donors (Lipinski definition) is 0. The van der Waals surface area contributed by atoms with Gasteiger partial charge in [-0.15, -0.1) is 0 Å². The second kappa shape index (κ2) is 49.0. The van der Waals surface area contributed by atoms with Crippen LogP contribution in [0.15, 0.2) is 0 Å². The van der Waals surface area contributed by atoms with Crippen molar-refractivity contribution in [3.63, 3.8) is 0 Å². The minimum atomic E-state index is 0. The Morgan fingerprint density at radius 1 is 0.833 bits per heavy atom. The van der Waals surface area contributed by atoms with Gasteiger partial charge in [-0.3, -0.25) is 0 Å². The van der Waals surface area contributed by atoms with E-state index in [1.807, 2.05) is 0 Å². The molecule has 0 aliphatic heterocycles. The first kappa shape index (κ1) is 73.6. The summed E-state index contributed by atoms with van der Waals surface area (Å²) in [5.74, 6) is 0. The third kappa shape index (κ3) is 30.6. The molecule has 6 heavy (non-hydrogen) atoms. The summed E-state index contributed by atoms with van der Waals surface area (Å²) in [7, 11) is 0. The molecule has 3 radical (unpaired) electrons. The average molecular weight is 250 g/mol. The summed E-state index contributed by atoms with van der Waals surface area (Å²) >= 11 is 0. The first-order chi connectivity index (χ1) is 0. The summed E-state index contributed by atoms with van der Waals surface area (Å²) in [5.41, 5.74) is 0. The molecule has 0 fully saturated rings. The van der Waals surface area contributed by atoms with Crippen LogP contribution in [0.5, 0.6) is 0 Å². The summed E-state index contributed by atoms with van der Waals surface area (Å²) in [6.07, 6.45) is 0. The van der Waals surface area contributed by atoms with E-state index in [-0.39, 0.29) is 91.7 Å². The van der Waals surface area contributed by atoms with Crippen LogP contribution in [0.2, 0.25) is 0 Å². The fourth-order valence-corrected chi connectivity index (χ4v) is 0. The third-order valence-electron chi connectivity index (χ3n) is 0. The fraction of sp³-hybridized carbons (Fsp3) is 0. The van der Waals surface area contributed by atoms with Crippen LogP contribution in [0.3, 0.4) is 0 Å². The third-order valence-corrected chi connectivity index (χ3v) is 0. The Kier molecular flexibility index (Phi) is 601. The van der Waals surface area contributed by atoms with Gasteiger partial charge in [-0.2, -0.15) is 0 Å². The fourth-order valence-electron chi connectivity index (χ4n) is 0. The molecule has 0 aliphatic rings. The zero-order valence-corrected chi connectivity index (χ0v) is 7.20. The van der Waals surface area contributed by atoms with Crippen LogP contribution in [0, 0.1) is 0 Å². The quantitative estimate of drug-likeness (QED) is 0.407. The molecular formula is CoLiMn2NiO+7. The van der Waals surface area contributed by atoms with E-state index in [0.717, 1.165) is 0 Å². The van der Waals surface area contributed by atoms with Crippen molar-refractivity contribution in [1.82, 2.24) is 0 Å². The van der Waals surface area contributed by atoms with Crippen molar-refractivity contribution in [1.29, 1.82) is 0 Å². The molecule has 0 atom stereocenters. The van der Waals surface area contributed by atoms with Gasteiger partial charge in [0.05, 0.1) is 0 Å². The smallest absolute Gasteiger partial charge is 2.00 e. The Morgan fingerprint density at radius 3 is 0.833 bits per heavy atom. The standard InChI is InChI=1S/Co.Li.2Mn.Ni.O/q+2;+1;3*+2;-2. The topological polar surface area (TPSA) is 28.5 Å². The first-order valence-electron chi connectivity index (χ1n) is 0. The van der Waals surface area contributed by atoms with Crippen molar-refractivity contribution < 1.29 is 91.7 Å². The van der Waals surface area contributed by atoms with Crippen LogP contribution in [-0.2, 0) is 72.9 Å². The largest absolute Gasteiger partial charge is 2.00 e. The Labute approximate surface area is 90.7 Å². The predicted octanol–water partition coefficient (Wildman–Crippen LogP) is -3.12. The van der Waals surface area contributed by atoms with Gasteiger partial charge in [0.15, 0.2) is 0 Å². The summed E-state index contributed by atoms with van der Waals surface area (Å²) in [6, 6.07) is 0. The molecule has 1 nitrogen and oxygen atoms in total. The van der Waals surface area contributed by atoms with Crippen molar-refractivity contribution >= 4 is 0 Å². The van der Waals surface area contributed by atoms with E-state index < -0.39 is 0 Å². The van der Waals surface area contributed by atoms with Crippen molar-refractivity contribution in [2.75, 3.05) is 0 Å². The maximum atomic E-state index is 0. The number of hydrogen-bond acceptors (Lipinski definition) is 0. The van der Waals surface area contributed by atoms with Crippen molar-refractivity contribution in [3.8, 4) is 0 Å². The normalized spacial score (nSPS) is 0. The first-order valence-corrected chi connectivity index (χ1v) is 0. The Hall–Kier alpha value is 2.60. The monoisotopic (exact) mass is 250 g/mol. The van der Waals surface area contributed by atoms with Gasteiger partial charge in [0.1, 0.15) is 0 Å². The molecule has 0 saturated carbocycles. The Bertz CT molecular complexity index is 13.5. The van der Waals surface area contributed by atoms with Crippen LogP contribution in [-0.4, -0.2) is 0 Å². The Morgan fingerprint density at radius 2 is 0.833 bits per heavy atom. The van der Waals surface area contributed by atoms with E-state index in [1.165, 1.54) is 0 Å². The molecule has 0 aromatic carbocycles. The van der Waals surface area contributed by atoms with E-state index in [1.54, 1.807) is 0 Å². The second-order valence-corrected chi connectivity index (χ2v) is 0. The van der Waals surface area contributed by atoms with E-state index in [9.17, 15) is 0 Å². The second-order valence-electron chi connectivity index (χ2n) is 0. The van der Waals surface area contributed by atoms with Gasteiger partial charge in [-0.25, -0.2) is 0 Å². The van der Waals surface area contributed by atoms with Gasteiger partial charge in [-0.1, -0.05) is 0 Å². The molecular weight excluding hydrogens is 250 g/mol. The summed E-state index contributed by atoms with van der Waals surface area (Å²) < 4.78 is 0. The van der Waals surface area contributed by atoms with E-state index >= 15 is 0 Å². The van der Waals surface area contributed by atoms with Gasteiger partial charge in [0.25, 0.3) is 0 Å². The molecule has 0 aliphatic carbocycles. The van der Waals surface area contributed by atoms with Gasteiger partial charge >= 0.3 is 86.3 Å². The minimum absolute atomic E-state index is 0. The molecule has 0 aromatic heterocycles. The molecule has 6 heteroatoms. The van der Waals surface area contributed by atoms with E-state index in [0.29, 0.717) is 0 Å². The van der Waals surface area contributed by atoms with Gasteiger partial charge < -0.3 is 5.48 Å². The van der Waals surface area contributed by atoms with Gasteiger partial charge in [0.2, 0.25) is 0 Å².